The van der Waals surface area contributed by atoms with Gasteiger partial charge in [0.25, 0.3) is 0 Å². The third-order valence-corrected chi connectivity index (χ3v) is 4.78. The van der Waals surface area contributed by atoms with Gasteiger partial charge in [0, 0.05) is 24.1 Å². The van der Waals surface area contributed by atoms with Crippen LogP contribution in [0, 0.1) is 5.92 Å². The van der Waals surface area contributed by atoms with Crippen LogP contribution in [0.25, 0.3) is 0 Å². The number of carboxylic acid groups (broad SMARTS) is 1. The number of nitrogens with zero attached hydrogens (tertiary/aromatic N) is 4. The van der Waals surface area contributed by atoms with Gasteiger partial charge in [-0.1, -0.05) is 19.1 Å². The lowest BCUT2D eigenvalue weighted by atomic mass is 10.1. The van der Waals surface area contributed by atoms with Crippen LogP contribution in [0.1, 0.15) is 24.3 Å². The summed E-state index contributed by atoms with van der Waals surface area (Å²) in [5.74, 6) is 0.281. The molecule has 110 valence electrons. The van der Waals surface area contributed by atoms with Gasteiger partial charge in [-0.25, -0.2) is 9.48 Å². The van der Waals surface area contributed by atoms with Crippen LogP contribution < -0.4 is 0 Å². The van der Waals surface area contributed by atoms with E-state index in [0.717, 1.165) is 18.8 Å². The van der Waals surface area contributed by atoms with E-state index in [1.807, 2.05) is 16.7 Å². The van der Waals surface area contributed by atoms with Crippen molar-refractivity contribution in [2.24, 2.45) is 5.92 Å². The fraction of sp³-hybridized carbons (Fsp3) is 0.667. The summed E-state index contributed by atoms with van der Waals surface area (Å²) >= 11 is 1.90. The zero-order valence-corrected chi connectivity index (χ0v) is 12.3. The maximum Gasteiger partial charge on any atom is 0.358 e. The Morgan fingerprint density at radius 1 is 1.55 bits per heavy atom. The van der Waals surface area contributed by atoms with Gasteiger partial charge in [-0.3, -0.25) is 4.79 Å². The third kappa shape index (κ3) is 3.50. The van der Waals surface area contributed by atoms with E-state index >= 15 is 0 Å². The molecule has 0 saturated carbocycles. The molecule has 1 aliphatic heterocycles. The van der Waals surface area contributed by atoms with Crippen LogP contribution in [0.4, 0.5) is 0 Å². The first-order chi connectivity index (χ1) is 9.47. The Hall–Kier alpha value is -1.57. The Kier molecular flexibility index (Phi) is 4.64. The van der Waals surface area contributed by atoms with E-state index < -0.39 is 5.97 Å². The van der Waals surface area contributed by atoms with Gasteiger partial charge in [0.05, 0.1) is 6.20 Å². The van der Waals surface area contributed by atoms with Gasteiger partial charge in [0.1, 0.15) is 6.54 Å². The standard InChI is InChI=1S/C12H18N4O3S/c1-8(2)10-6-15(3-4-20-10)11(17)7-16-5-9(12(18)19)13-14-16/h5,8,10H,3-4,6-7H2,1-2H3,(H,18,19). The molecule has 8 heteroatoms. The van der Waals surface area contributed by atoms with Gasteiger partial charge < -0.3 is 10.0 Å². The number of hydrogen-bond donors (Lipinski definition) is 1. The van der Waals surface area contributed by atoms with Crippen LogP contribution in [0.15, 0.2) is 6.20 Å². The Balaban J connectivity index is 1.95. The van der Waals surface area contributed by atoms with Gasteiger partial charge in [0.15, 0.2) is 5.69 Å². The van der Waals surface area contributed by atoms with E-state index in [4.69, 9.17) is 5.11 Å². The molecule has 1 fully saturated rings. The summed E-state index contributed by atoms with van der Waals surface area (Å²) in [5, 5.41) is 16.4. The highest BCUT2D eigenvalue weighted by Crippen LogP contribution is 2.24. The van der Waals surface area contributed by atoms with Crippen LogP contribution in [0.5, 0.6) is 0 Å². The second kappa shape index (κ2) is 6.25. The molecule has 1 aromatic rings. The number of rotatable bonds is 4. The molecular weight excluding hydrogens is 280 g/mol. The number of aromatic carboxylic acids is 1. The molecule has 1 N–H and O–H groups in total. The average Bonchev–Trinajstić information content (AvgIpc) is 2.87. The highest BCUT2D eigenvalue weighted by Gasteiger charge is 2.26. The number of hydrogen-bond acceptors (Lipinski definition) is 5. The molecule has 20 heavy (non-hydrogen) atoms. The minimum absolute atomic E-state index is 0.0375. The van der Waals surface area contributed by atoms with Crippen molar-refractivity contribution in [3.05, 3.63) is 11.9 Å². The molecule has 1 aliphatic rings. The summed E-state index contributed by atoms with van der Waals surface area (Å²) in [6, 6.07) is 0. The molecule has 0 spiro atoms. The summed E-state index contributed by atoms with van der Waals surface area (Å²) in [6.45, 7) is 5.81. The number of carbonyl (C=O) groups is 2. The lowest BCUT2D eigenvalue weighted by Gasteiger charge is -2.34. The molecule has 1 aromatic heterocycles. The van der Waals surface area contributed by atoms with Crippen molar-refractivity contribution in [2.45, 2.75) is 25.6 Å². The predicted molar refractivity (Wildman–Crippen MR) is 74.6 cm³/mol. The summed E-state index contributed by atoms with van der Waals surface area (Å²) in [7, 11) is 0. The molecule has 0 bridgehead atoms. The van der Waals surface area contributed by atoms with Crippen molar-refractivity contribution in [2.75, 3.05) is 18.8 Å². The van der Waals surface area contributed by atoms with E-state index in [1.165, 1.54) is 10.9 Å². The number of amides is 1. The average molecular weight is 298 g/mol. The minimum atomic E-state index is -1.14. The lowest BCUT2D eigenvalue weighted by molar-refractivity contribution is -0.132. The summed E-state index contributed by atoms with van der Waals surface area (Å²) in [5.41, 5.74) is -0.146. The molecule has 1 unspecified atom stereocenters. The Bertz CT molecular complexity index is 503. The Labute approximate surface area is 121 Å². The lowest BCUT2D eigenvalue weighted by Crippen LogP contribution is -2.44. The fourth-order valence-electron chi connectivity index (χ4n) is 2.02. The molecule has 1 saturated heterocycles. The maximum absolute atomic E-state index is 12.2. The molecular formula is C12H18N4O3S. The molecule has 0 aromatic carbocycles. The summed E-state index contributed by atoms with van der Waals surface area (Å²) in [4.78, 5) is 24.7. The minimum Gasteiger partial charge on any atom is -0.476 e. The van der Waals surface area contributed by atoms with Crippen LogP contribution in [0.3, 0.4) is 0 Å². The zero-order chi connectivity index (χ0) is 14.7. The van der Waals surface area contributed by atoms with Crippen molar-refractivity contribution >= 4 is 23.6 Å². The van der Waals surface area contributed by atoms with Gasteiger partial charge in [0.2, 0.25) is 5.91 Å². The number of thioether (sulfide) groups is 1. The molecule has 7 nitrogen and oxygen atoms in total. The predicted octanol–water partition coefficient (Wildman–Crippen LogP) is 0.576. The smallest absolute Gasteiger partial charge is 0.358 e. The fourth-order valence-corrected chi connectivity index (χ4v) is 3.32. The third-order valence-electron chi connectivity index (χ3n) is 3.24. The quantitative estimate of drug-likeness (QED) is 0.874. The van der Waals surface area contributed by atoms with Gasteiger partial charge in [-0.2, -0.15) is 11.8 Å². The van der Waals surface area contributed by atoms with Crippen molar-refractivity contribution in [1.82, 2.24) is 19.9 Å². The first-order valence-corrected chi connectivity index (χ1v) is 7.55. The highest BCUT2D eigenvalue weighted by atomic mass is 32.2. The van der Waals surface area contributed by atoms with Crippen molar-refractivity contribution < 1.29 is 14.7 Å². The Morgan fingerprint density at radius 3 is 2.90 bits per heavy atom. The zero-order valence-electron chi connectivity index (χ0n) is 11.5. The molecule has 1 atom stereocenters. The Morgan fingerprint density at radius 2 is 2.30 bits per heavy atom. The maximum atomic E-state index is 12.2. The van der Waals surface area contributed by atoms with Gasteiger partial charge in [-0.15, -0.1) is 5.10 Å². The van der Waals surface area contributed by atoms with Crippen molar-refractivity contribution in [3.63, 3.8) is 0 Å². The van der Waals surface area contributed by atoms with Gasteiger partial charge >= 0.3 is 5.97 Å². The van der Waals surface area contributed by atoms with Crippen LogP contribution >= 0.6 is 11.8 Å². The van der Waals surface area contributed by atoms with Crippen LogP contribution in [-0.2, 0) is 11.3 Å². The van der Waals surface area contributed by atoms with Crippen molar-refractivity contribution in [1.29, 1.82) is 0 Å². The first kappa shape index (κ1) is 14.8. The topological polar surface area (TPSA) is 88.3 Å². The molecule has 2 heterocycles. The molecule has 1 amide bonds. The SMILES string of the molecule is CC(C)C1CN(C(=O)Cn2cc(C(=O)O)nn2)CCS1. The second-order valence-corrected chi connectivity index (χ2v) is 6.45. The number of carbonyl (C=O) groups excluding carboxylic acids is 1. The largest absolute Gasteiger partial charge is 0.476 e. The van der Waals surface area contributed by atoms with E-state index in [2.05, 4.69) is 24.2 Å². The van der Waals surface area contributed by atoms with Gasteiger partial charge in [-0.05, 0) is 5.92 Å². The molecule has 0 radical (unpaired) electrons. The number of aromatic nitrogens is 3. The molecule has 2 rings (SSSR count). The summed E-state index contributed by atoms with van der Waals surface area (Å²) in [6.07, 6.45) is 1.28. The highest BCUT2D eigenvalue weighted by molar-refractivity contribution is 8.00. The van der Waals surface area contributed by atoms with E-state index in [9.17, 15) is 9.59 Å². The van der Waals surface area contributed by atoms with Crippen LogP contribution in [-0.4, -0.2) is 61.0 Å². The monoisotopic (exact) mass is 298 g/mol. The van der Waals surface area contributed by atoms with Crippen molar-refractivity contribution in [3.8, 4) is 0 Å². The number of carboxylic acids is 1. The van der Waals surface area contributed by atoms with E-state index in [1.54, 1.807) is 0 Å². The summed E-state index contributed by atoms with van der Waals surface area (Å²) < 4.78 is 1.28. The van der Waals surface area contributed by atoms with Crippen LogP contribution in [0.2, 0.25) is 0 Å². The molecule has 0 aliphatic carbocycles. The first-order valence-electron chi connectivity index (χ1n) is 6.50. The second-order valence-electron chi connectivity index (χ2n) is 5.10. The van der Waals surface area contributed by atoms with E-state index in [0.29, 0.717) is 11.2 Å². The van der Waals surface area contributed by atoms with E-state index in [-0.39, 0.29) is 18.1 Å². The normalized spacial score (nSPS) is 19.4.